The molecular weight excluding hydrogens is 286 g/mol. The van der Waals surface area contributed by atoms with E-state index in [-0.39, 0.29) is 5.84 Å². The fourth-order valence-corrected chi connectivity index (χ4v) is 2.41. The molecule has 4 nitrogen and oxygen atoms in total. The Morgan fingerprint density at radius 2 is 1.76 bits per heavy atom. The van der Waals surface area contributed by atoms with Crippen LogP contribution in [0.1, 0.15) is 16.7 Å². The molecule has 0 aliphatic heterocycles. The average Bonchev–Trinajstić information content (AvgIpc) is 2.46. The van der Waals surface area contributed by atoms with Crippen LogP contribution in [0.25, 0.3) is 0 Å². The molecule has 0 saturated carbocycles. The van der Waals surface area contributed by atoms with Gasteiger partial charge in [0.1, 0.15) is 0 Å². The van der Waals surface area contributed by atoms with Crippen molar-refractivity contribution in [3.63, 3.8) is 0 Å². The van der Waals surface area contributed by atoms with Crippen LogP contribution in [0.15, 0.2) is 53.7 Å². The number of nitrogens with two attached hydrogens (primary N) is 1. The molecule has 0 heterocycles. The summed E-state index contributed by atoms with van der Waals surface area (Å²) in [6, 6.07) is 15.5. The van der Waals surface area contributed by atoms with Crippen LogP contribution in [0.5, 0.6) is 0 Å². The lowest BCUT2D eigenvalue weighted by atomic mass is 10.1. The first-order valence-corrected chi connectivity index (χ1v) is 6.96. The molecule has 2 rings (SSSR count). The van der Waals surface area contributed by atoms with E-state index in [2.05, 4.69) is 16.1 Å². The van der Waals surface area contributed by atoms with Crippen molar-refractivity contribution in [2.75, 3.05) is 7.05 Å². The molecule has 2 aromatic rings. The van der Waals surface area contributed by atoms with Crippen LogP contribution >= 0.6 is 11.6 Å². The SMILES string of the molecule is CN(Cc1cccc(Cl)c1)Cc1cccc(C(N)=NO)c1. The summed E-state index contributed by atoms with van der Waals surface area (Å²) in [5.74, 6) is 0.120. The fraction of sp³-hybridized carbons (Fsp3) is 0.188. The lowest BCUT2D eigenvalue weighted by Gasteiger charge is -2.17. The van der Waals surface area contributed by atoms with Gasteiger partial charge in [0.25, 0.3) is 0 Å². The molecule has 5 heteroatoms. The zero-order valence-corrected chi connectivity index (χ0v) is 12.6. The predicted octanol–water partition coefficient (Wildman–Crippen LogP) is 3.07. The van der Waals surface area contributed by atoms with Crippen molar-refractivity contribution < 1.29 is 5.21 Å². The van der Waals surface area contributed by atoms with E-state index in [1.807, 2.05) is 49.5 Å². The van der Waals surface area contributed by atoms with Gasteiger partial charge in [-0.05, 0) is 36.4 Å². The highest BCUT2D eigenvalue weighted by molar-refractivity contribution is 6.30. The van der Waals surface area contributed by atoms with E-state index in [4.69, 9.17) is 22.5 Å². The summed E-state index contributed by atoms with van der Waals surface area (Å²) in [5.41, 5.74) is 8.58. The van der Waals surface area contributed by atoms with Gasteiger partial charge in [0.15, 0.2) is 5.84 Å². The first-order chi connectivity index (χ1) is 10.1. The Balaban J connectivity index is 2.04. The summed E-state index contributed by atoms with van der Waals surface area (Å²) >= 11 is 5.99. The van der Waals surface area contributed by atoms with Gasteiger partial charge in [0.05, 0.1) is 0 Å². The van der Waals surface area contributed by atoms with Gasteiger partial charge in [-0.25, -0.2) is 0 Å². The number of benzene rings is 2. The van der Waals surface area contributed by atoms with Crippen LogP contribution in [-0.2, 0) is 13.1 Å². The van der Waals surface area contributed by atoms with Gasteiger partial charge < -0.3 is 10.9 Å². The fourth-order valence-electron chi connectivity index (χ4n) is 2.20. The predicted molar refractivity (Wildman–Crippen MR) is 85.6 cm³/mol. The molecule has 3 N–H and O–H groups in total. The number of hydrogen-bond acceptors (Lipinski definition) is 3. The molecule has 2 aromatic carbocycles. The molecule has 0 bridgehead atoms. The van der Waals surface area contributed by atoms with Crippen molar-refractivity contribution in [3.05, 3.63) is 70.2 Å². The molecule has 0 spiro atoms. The summed E-state index contributed by atoms with van der Waals surface area (Å²) in [6.45, 7) is 1.56. The first kappa shape index (κ1) is 15.4. The number of amidine groups is 1. The van der Waals surface area contributed by atoms with Crippen LogP contribution < -0.4 is 5.73 Å². The van der Waals surface area contributed by atoms with Gasteiger partial charge in [-0.15, -0.1) is 0 Å². The van der Waals surface area contributed by atoms with Crippen molar-refractivity contribution in [1.82, 2.24) is 4.90 Å². The number of rotatable bonds is 5. The van der Waals surface area contributed by atoms with Crippen molar-refractivity contribution >= 4 is 17.4 Å². The molecule has 110 valence electrons. The van der Waals surface area contributed by atoms with Crippen LogP contribution in [-0.4, -0.2) is 23.0 Å². The molecular formula is C16H18ClN3O. The van der Waals surface area contributed by atoms with Crippen LogP contribution in [0, 0.1) is 0 Å². The van der Waals surface area contributed by atoms with E-state index in [0.29, 0.717) is 5.56 Å². The maximum absolute atomic E-state index is 8.72. The minimum atomic E-state index is 0.120. The minimum Gasteiger partial charge on any atom is -0.409 e. The molecule has 0 unspecified atom stereocenters. The van der Waals surface area contributed by atoms with E-state index in [1.54, 1.807) is 0 Å². The zero-order valence-electron chi connectivity index (χ0n) is 11.8. The number of nitrogens with zero attached hydrogens (tertiary/aromatic N) is 2. The topological polar surface area (TPSA) is 61.8 Å². The Hall–Kier alpha value is -2.04. The lowest BCUT2D eigenvalue weighted by molar-refractivity contribution is 0.318. The molecule has 0 saturated heterocycles. The second-order valence-electron chi connectivity index (χ2n) is 4.99. The highest BCUT2D eigenvalue weighted by Crippen LogP contribution is 2.14. The first-order valence-electron chi connectivity index (χ1n) is 6.58. The normalized spacial score (nSPS) is 11.9. The van der Waals surface area contributed by atoms with E-state index in [0.717, 1.165) is 29.2 Å². The Morgan fingerprint density at radius 1 is 1.14 bits per heavy atom. The summed E-state index contributed by atoms with van der Waals surface area (Å²) < 4.78 is 0. The van der Waals surface area contributed by atoms with Gasteiger partial charge >= 0.3 is 0 Å². The monoisotopic (exact) mass is 303 g/mol. The Labute approximate surface area is 129 Å². The molecule has 0 fully saturated rings. The molecule has 21 heavy (non-hydrogen) atoms. The molecule has 0 radical (unpaired) electrons. The van der Waals surface area contributed by atoms with Crippen molar-refractivity contribution in [3.8, 4) is 0 Å². The maximum Gasteiger partial charge on any atom is 0.170 e. The highest BCUT2D eigenvalue weighted by atomic mass is 35.5. The van der Waals surface area contributed by atoms with E-state index in [1.165, 1.54) is 0 Å². The van der Waals surface area contributed by atoms with Crippen LogP contribution in [0.2, 0.25) is 5.02 Å². The Bertz CT molecular complexity index is 643. The van der Waals surface area contributed by atoms with Crippen molar-refractivity contribution in [1.29, 1.82) is 0 Å². The number of hydrogen-bond donors (Lipinski definition) is 2. The Kier molecular flexibility index (Phi) is 5.20. The summed E-state index contributed by atoms with van der Waals surface area (Å²) in [5, 5.41) is 12.5. The van der Waals surface area contributed by atoms with Gasteiger partial charge in [0, 0.05) is 23.7 Å². The molecule has 0 atom stereocenters. The van der Waals surface area contributed by atoms with E-state index >= 15 is 0 Å². The summed E-state index contributed by atoms with van der Waals surface area (Å²) in [4.78, 5) is 2.18. The van der Waals surface area contributed by atoms with Gasteiger partial charge in [-0.1, -0.05) is 47.1 Å². The standard InChI is InChI=1S/C16H18ClN3O/c1-20(11-13-5-3-7-15(17)9-13)10-12-4-2-6-14(8-12)16(18)19-21/h2-9,21H,10-11H2,1H3,(H2,18,19). The summed E-state index contributed by atoms with van der Waals surface area (Å²) in [7, 11) is 2.04. The van der Waals surface area contributed by atoms with Gasteiger partial charge in [-0.2, -0.15) is 0 Å². The minimum absolute atomic E-state index is 0.120. The highest BCUT2D eigenvalue weighted by Gasteiger charge is 2.05. The third kappa shape index (κ3) is 4.48. The van der Waals surface area contributed by atoms with Crippen LogP contribution in [0.4, 0.5) is 0 Å². The number of oxime groups is 1. The lowest BCUT2D eigenvalue weighted by Crippen LogP contribution is -2.18. The molecule has 0 aromatic heterocycles. The Morgan fingerprint density at radius 3 is 2.38 bits per heavy atom. The average molecular weight is 304 g/mol. The molecule has 0 aliphatic carbocycles. The van der Waals surface area contributed by atoms with E-state index < -0.39 is 0 Å². The smallest absolute Gasteiger partial charge is 0.170 e. The van der Waals surface area contributed by atoms with Crippen molar-refractivity contribution in [2.45, 2.75) is 13.1 Å². The second-order valence-corrected chi connectivity index (χ2v) is 5.42. The summed E-state index contributed by atoms with van der Waals surface area (Å²) in [6.07, 6.45) is 0. The molecule has 0 aliphatic rings. The van der Waals surface area contributed by atoms with Gasteiger partial charge in [-0.3, -0.25) is 4.90 Å². The zero-order chi connectivity index (χ0) is 15.2. The second kappa shape index (κ2) is 7.11. The number of halogens is 1. The maximum atomic E-state index is 8.72. The molecule has 0 amide bonds. The van der Waals surface area contributed by atoms with Gasteiger partial charge in [0.2, 0.25) is 0 Å². The third-order valence-corrected chi connectivity index (χ3v) is 3.36. The van der Waals surface area contributed by atoms with E-state index in [9.17, 15) is 0 Å². The third-order valence-electron chi connectivity index (χ3n) is 3.12. The quantitative estimate of drug-likeness (QED) is 0.386. The van der Waals surface area contributed by atoms with Crippen LogP contribution in [0.3, 0.4) is 0 Å². The van der Waals surface area contributed by atoms with Crippen molar-refractivity contribution in [2.24, 2.45) is 10.9 Å². The largest absolute Gasteiger partial charge is 0.409 e.